The monoisotopic (exact) mass is 402 g/mol. The van der Waals surface area contributed by atoms with Crippen molar-refractivity contribution in [2.24, 2.45) is 0 Å². The number of esters is 1. The van der Waals surface area contributed by atoms with Crippen molar-refractivity contribution in [3.63, 3.8) is 0 Å². The summed E-state index contributed by atoms with van der Waals surface area (Å²) < 4.78 is 11.0. The molecule has 1 fully saturated rings. The molecule has 2 aliphatic rings. The van der Waals surface area contributed by atoms with Crippen LogP contribution in [0.5, 0.6) is 0 Å². The molecule has 0 aromatic heterocycles. The minimum absolute atomic E-state index is 0.158. The predicted molar refractivity (Wildman–Crippen MR) is 113 cm³/mol. The van der Waals surface area contributed by atoms with Gasteiger partial charge < -0.3 is 14.6 Å². The minimum Gasteiger partial charge on any atom is -0.455 e. The SMILES string of the molecule is CC(=O)O[C@@H]1C(CO)=CC(=O)[C@@]2(C/C=C(\C)CC/C=C(\C)CCC=C(C)C)O[C@@H]12. The molecule has 0 bridgehead atoms. The number of allylic oxidation sites excluding steroid dienone is 5. The van der Waals surface area contributed by atoms with Gasteiger partial charge in [0.1, 0.15) is 6.10 Å². The Bertz CT molecular complexity index is 751. The Morgan fingerprint density at radius 3 is 2.31 bits per heavy atom. The highest BCUT2D eigenvalue weighted by Gasteiger charge is 2.67. The highest BCUT2D eigenvalue weighted by Crippen LogP contribution is 2.49. The number of carbonyl (C=O) groups is 2. The minimum atomic E-state index is -0.948. The van der Waals surface area contributed by atoms with Gasteiger partial charge in [0.25, 0.3) is 0 Å². The summed E-state index contributed by atoms with van der Waals surface area (Å²) in [6.45, 7) is 9.45. The predicted octanol–water partition coefficient (Wildman–Crippen LogP) is 4.37. The van der Waals surface area contributed by atoms with Crippen molar-refractivity contribution in [2.45, 2.75) is 84.5 Å². The van der Waals surface area contributed by atoms with Crippen molar-refractivity contribution < 1.29 is 24.2 Å². The molecule has 5 heteroatoms. The second kappa shape index (κ2) is 10.2. The number of ketones is 1. The molecule has 0 aromatic rings. The van der Waals surface area contributed by atoms with E-state index >= 15 is 0 Å². The molecule has 5 nitrogen and oxygen atoms in total. The molecule has 0 spiro atoms. The molecule has 3 atom stereocenters. The fourth-order valence-electron chi connectivity index (χ4n) is 3.65. The van der Waals surface area contributed by atoms with Crippen molar-refractivity contribution >= 4 is 11.8 Å². The Morgan fingerprint density at radius 1 is 1.10 bits per heavy atom. The standard InChI is InChI=1S/C24H34O5/c1-16(2)8-6-9-17(3)10-7-11-18(4)12-13-24-21(27)14-20(15-25)22(23(24)29-24)28-19(5)26/h8,10,12,14,22-23,25H,6-7,9,11,13,15H2,1-5H3/b17-10+,18-12+/t22-,23+,24-/m1/s1. The Kier molecular flexibility index (Phi) is 8.17. The second-order valence-corrected chi connectivity index (χ2v) is 8.36. The first-order valence-electron chi connectivity index (χ1n) is 10.3. The van der Waals surface area contributed by atoms with Gasteiger partial charge in [-0.25, -0.2) is 0 Å². The van der Waals surface area contributed by atoms with Crippen molar-refractivity contribution in [2.75, 3.05) is 6.61 Å². The first-order chi connectivity index (χ1) is 13.7. The lowest BCUT2D eigenvalue weighted by Gasteiger charge is -2.23. The number of hydrogen-bond donors (Lipinski definition) is 1. The molecule has 1 N–H and O–H groups in total. The summed E-state index contributed by atoms with van der Waals surface area (Å²) in [5.74, 6) is -0.611. The maximum atomic E-state index is 12.5. The van der Waals surface area contributed by atoms with Crippen LogP contribution in [0, 0.1) is 0 Å². The molecule has 0 aromatic carbocycles. The number of hydrogen-bond acceptors (Lipinski definition) is 5. The van der Waals surface area contributed by atoms with E-state index in [4.69, 9.17) is 9.47 Å². The number of aliphatic hydroxyl groups is 1. The van der Waals surface area contributed by atoms with Gasteiger partial charge in [-0.05, 0) is 59.5 Å². The van der Waals surface area contributed by atoms with Gasteiger partial charge in [-0.3, -0.25) is 9.59 Å². The quantitative estimate of drug-likeness (QED) is 0.334. The van der Waals surface area contributed by atoms with Gasteiger partial charge in [-0.15, -0.1) is 0 Å². The normalized spacial score (nSPS) is 26.6. The molecule has 0 unspecified atom stereocenters. The van der Waals surface area contributed by atoms with E-state index < -0.39 is 23.8 Å². The lowest BCUT2D eigenvalue weighted by atomic mass is 9.83. The van der Waals surface area contributed by atoms with E-state index in [0.717, 1.165) is 25.7 Å². The molecular weight excluding hydrogens is 368 g/mol. The summed E-state index contributed by atoms with van der Waals surface area (Å²) in [4.78, 5) is 23.9. The Labute approximate surface area is 174 Å². The molecule has 1 aliphatic heterocycles. The van der Waals surface area contributed by atoms with Gasteiger partial charge in [0.15, 0.2) is 17.5 Å². The number of epoxide rings is 1. The maximum Gasteiger partial charge on any atom is 0.303 e. The number of ether oxygens (including phenoxy) is 2. The first kappa shape index (κ1) is 23.3. The summed E-state index contributed by atoms with van der Waals surface area (Å²) in [6.07, 6.45) is 11.3. The van der Waals surface area contributed by atoms with Gasteiger partial charge >= 0.3 is 5.97 Å². The van der Waals surface area contributed by atoms with Crippen LogP contribution in [0.1, 0.15) is 66.7 Å². The van der Waals surface area contributed by atoms with Crippen LogP contribution in [0.4, 0.5) is 0 Å². The van der Waals surface area contributed by atoms with Crippen LogP contribution in [-0.4, -0.2) is 41.3 Å². The van der Waals surface area contributed by atoms with Crippen LogP contribution in [0.2, 0.25) is 0 Å². The fourth-order valence-corrected chi connectivity index (χ4v) is 3.65. The van der Waals surface area contributed by atoms with Gasteiger partial charge in [-0.1, -0.05) is 34.9 Å². The van der Waals surface area contributed by atoms with Crippen LogP contribution in [0.3, 0.4) is 0 Å². The van der Waals surface area contributed by atoms with Gasteiger partial charge in [0, 0.05) is 18.9 Å². The van der Waals surface area contributed by atoms with Crippen LogP contribution in [-0.2, 0) is 19.1 Å². The molecule has 0 saturated carbocycles. The first-order valence-corrected chi connectivity index (χ1v) is 10.3. The Balaban J connectivity index is 1.90. The molecule has 1 saturated heterocycles. The van der Waals surface area contributed by atoms with Crippen LogP contribution >= 0.6 is 0 Å². The highest BCUT2D eigenvalue weighted by atomic mass is 16.7. The van der Waals surface area contributed by atoms with E-state index in [1.165, 1.54) is 29.7 Å². The van der Waals surface area contributed by atoms with E-state index in [1.807, 2.05) is 6.08 Å². The molecule has 0 radical (unpaired) electrons. The van der Waals surface area contributed by atoms with Crippen LogP contribution < -0.4 is 0 Å². The van der Waals surface area contributed by atoms with E-state index in [2.05, 4.69) is 39.8 Å². The van der Waals surface area contributed by atoms with E-state index in [-0.39, 0.29) is 12.4 Å². The Morgan fingerprint density at radius 2 is 1.72 bits per heavy atom. The van der Waals surface area contributed by atoms with Gasteiger partial charge in [-0.2, -0.15) is 0 Å². The second-order valence-electron chi connectivity index (χ2n) is 8.36. The third-order valence-electron chi connectivity index (χ3n) is 5.47. The van der Waals surface area contributed by atoms with E-state index in [0.29, 0.717) is 12.0 Å². The maximum absolute atomic E-state index is 12.5. The largest absolute Gasteiger partial charge is 0.455 e. The zero-order valence-corrected chi connectivity index (χ0v) is 18.3. The topological polar surface area (TPSA) is 76.1 Å². The van der Waals surface area contributed by atoms with Crippen molar-refractivity contribution in [3.05, 3.63) is 46.6 Å². The summed E-state index contributed by atoms with van der Waals surface area (Å²) >= 11 is 0. The van der Waals surface area contributed by atoms with Crippen molar-refractivity contribution in [3.8, 4) is 0 Å². The number of fused-ring (bicyclic) bond motifs is 1. The molecule has 2 rings (SSSR count). The number of aliphatic hydroxyl groups excluding tert-OH is 1. The number of rotatable bonds is 10. The summed E-state index contributed by atoms with van der Waals surface area (Å²) in [7, 11) is 0. The van der Waals surface area contributed by atoms with E-state index in [1.54, 1.807) is 0 Å². The van der Waals surface area contributed by atoms with Gasteiger partial charge in [0.2, 0.25) is 0 Å². The van der Waals surface area contributed by atoms with Crippen molar-refractivity contribution in [1.82, 2.24) is 0 Å². The molecular formula is C24H34O5. The lowest BCUT2D eigenvalue weighted by Crippen LogP contribution is -2.40. The number of carbonyl (C=O) groups excluding carboxylic acids is 2. The molecule has 1 aliphatic carbocycles. The average molecular weight is 403 g/mol. The summed E-state index contributed by atoms with van der Waals surface area (Å²) in [5.41, 5.74) is 3.41. The zero-order valence-electron chi connectivity index (χ0n) is 18.3. The van der Waals surface area contributed by atoms with Gasteiger partial charge in [0.05, 0.1) is 6.61 Å². The highest BCUT2D eigenvalue weighted by molar-refractivity contribution is 6.02. The van der Waals surface area contributed by atoms with E-state index in [9.17, 15) is 14.7 Å². The average Bonchev–Trinajstić information content (AvgIpc) is 3.38. The summed E-state index contributed by atoms with van der Waals surface area (Å²) in [6, 6.07) is 0. The zero-order chi connectivity index (χ0) is 21.6. The molecule has 0 amide bonds. The molecule has 160 valence electrons. The third-order valence-corrected chi connectivity index (χ3v) is 5.47. The smallest absolute Gasteiger partial charge is 0.303 e. The lowest BCUT2D eigenvalue weighted by molar-refractivity contribution is -0.146. The van der Waals surface area contributed by atoms with Crippen LogP contribution in [0.15, 0.2) is 46.6 Å². The molecule has 29 heavy (non-hydrogen) atoms. The van der Waals surface area contributed by atoms with Crippen molar-refractivity contribution in [1.29, 1.82) is 0 Å². The Hall–Kier alpha value is -1.98. The van der Waals surface area contributed by atoms with Crippen LogP contribution in [0.25, 0.3) is 0 Å². The fraction of sp³-hybridized carbons (Fsp3) is 0.583. The molecule has 1 heterocycles. The third kappa shape index (κ3) is 6.25. The summed E-state index contributed by atoms with van der Waals surface area (Å²) in [5, 5.41) is 9.47.